The van der Waals surface area contributed by atoms with Crippen molar-refractivity contribution in [3.8, 4) is 0 Å². The average molecular weight is 286 g/mol. The lowest BCUT2D eigenvalue weighted by Gasteiger charge is -2.31. The van der Waals surface area contributed by atoms with Crippen LogP contribution in [0.25, 0.3) is 5.65 Å². The van der Waals surface area contributed by atoms with E-state index in [1.807, 2.05) is 19.1 Å². The first kappa shape index (κ1) is 12.2. The molecule has 1 atom stereocenters. The standard InChI is InChI=1S/C12H14N8O/c1-8-13-12(21-16-8)9-3-2-6-19(7-9)11-5-4-10-14-17-18-20(10)15-11/h4-5,9H,2-3,6-7H2,1H3/t9-/m1/s1. The van der Waals surface area contributed by atoms with Crippen LogP contribution < -0.4 is 4.90 Å². The van der Waals surface area contributed by atoms with Gasteiger partial charge < -0.3 is 9.42 Å². The van der Waals surface area contributed by atoms with Crippen LogP contribution in [-0.2, 0) is 0 Å². The van der Waals surface area contributed by atoms with Crippen molar-refractivity contribution < 1.29 is 4.52 Å². The van der Waals surface area contributed by atoms with E-state index in [1.165, 1.54) is 4.63 Å². The summed E-state index contributed by atoms with van der Waals surface area (Å²) in [4.78, 5) is 6.54. The highest BCUT2D eigenvalue weighted by Crippen LogP contribution is 2.28. The molecule has 0 unspecified atom stereocenters. The predicted molar refractivity (Wildman–Crippen MR) is 71.8 cm³/mol. The Balaban J connectivity index is 1.59. The van der Waals surface area contributed by atoms with E-state index in [2.05, 4.69) is 35.7 Å². The van der Waals surface area contributed by atoms with Crippen molar-refractivity contribution in [2.45, 2.75) is 25.7 Å². The number of aryl methyl sites for hydroxylation is 1. The molecule has 0 N–H and O–H groups in total. The molecule has 0 saturated carbocycles. The van der Waals surface area contributed by atoms with Gasteiger partial charge in [0.1, 0.15) is 0 Å². The molecule has 0 aromatic carbocycles. The third kappa shape index (κ3) is 2.20. The van der Waals surface area contributed by atoms with Crippen LogP contribution in [0.5, 0.6) is 0 Å². The van der Waals surface area contributed by atoms with E-state index in [4.69, 9.17) is 4.52 Å². The van der Waals surface area contributed by atoms with Crippen LogP contribution >= 0.6 is 0 Å². The zero-order valence-electron chi connectivity index (χ0n) is 11.5. The molecule has 0 radical (unpaired) electrons. The smallest absolute Gasteiger partial charge is 0.231 e. The first-order valence-corrected chi connectivity index (χ1v) is 6.90. The molecule has 1 saturated heterocycles. The number of fused-ring (bicyclic) bond motifs is 1. The van der Waals surface area contributed by atoms with E-state index in [1.54, 1.807) is 0 Å². The van der Waals surface area contributed by atoms with Gasteiger partial charge in [0, 0.05) is 13.1 Å². The molecule has 0 aliphatic carbocycles. The second-order valence-corrected chi connectivity index (χ2v) is 5.18. The fraction of sp³-hybridized carbons (Fsp3) is 0.500. The van der Waals surface area contributed by atoms with Gasteiger partial charge in [-0.25, -0.2) is 0 Å². The molecule has 0 amide bonds. The Morgan fingerprint density at radius 1 is 1.33 bits per heavy atom. The molecule has 4 heterocycles. The highest BCUT2D eigenvalue weighted by atomic mass is 16.5. The van der Waals surface area contributed by atoms with Gasteiger partial charge in [-0.15, -0.1) is 14.8 Å². The molecule has 4 rings (SSSR count). The summed E-state index contributed by atoms with van der Waals surface area (Å²) in [7, 11) is 0. The molecule has 0 bridgehead atoms. The van der Waals surface area contributed by atoms with Gasteiger partial charge in [0.2, 0.25) is 5.89 Å². The Morgan fingerprint density at radius 3 is 3.14 bits per heavy atom. The van der Waals surface area contributed by atoms with E-state index in [0.29, 0.717) is 17.4 Å². The molecule has 3 aromatic heterocycles. The third-order valence-corrected chi connectivity index (χ3v) is 3.69. The molecule has 108 valence electrons. The van der Waals surface area contributed by atoms with E-state index >= 15 is 0 Å². The first-order valence-electron chi connectivity index (χ1n) is 6.90. The van der Waals surface area contributed by atoms with Crippen LogP contribution in [0.4, 0.5) is 5.82 Å². The topological polar surface area (TPSA) is 98.1 Å². The summed E-state index contributed by atoms with van der Waals surface area (Å²) >= 11 is 0. The fourth-order valence-corrected chi connectivity index (χ4v) is 2.67. The van der Waals surface area contributed by atoms with Gasteiger partial charge in [-0.05, 0) is 42.3 Å². The summed E-state index contributed by atoms with van der Waals surface area (Å²) in [5.41, 5.74) is 0.639. The molecule has 1 aliphatic rings. The molecule has 1 aliphatic heterocycles. The lowest BCUT2D eigenvalue weighted by molar-refractivity contribution is 0.330. The second-order valence-electron chi connectivity index (χ2n) is 5.18. The number of aromatic nitrogens is 7. The summed E-state index contributed by atoms with van der Waals surface area (Å²) in [5, 5.41) is 19.6. The Hall–Kier alpha value is -2.58. The number of hydrogen-bond acceptors (Lipinski definition) is 8. The number of anilines is 1. The van der Waals surface area contributed by atoms with Crippen LogP contribution in [0.2, 0.25) is 0 Å². The molecule has 9 heteroatoms. The lowest BCUT2D eigenvalue weighted by atomic mass is 9.98. The Kier molecular flexibility index (Phi) is 2.76. The molecule has 1 fully saturated rings. The second kappa shape index (κ2) is 4.76. The quantitative estimate of drug-likeness (QED) is 0.675. The van der Waals surface area contributed by atoms with Gasteiger partial charge in [0.25, 0.3) is 0 Å². The Labute approximate surface area is 119 Å². The van der Waals surface area contributed by atoms with Crippen LogP contribution in [0.15, 0.2) is 16.7 Å². The molecular weight excluding hydrogens is 272 g/mol. The van der Waals surface area contributed by atoms with E-state index < -0.39 is 0 Å². The number of rotatable bonds is 2. The summed E-state index contributed by atoms with van der Waals surface area (Å²) in [6, 6.07) is 3.80. The largest absolute Gasteiger partial charge is 0.354 e. The third-order valence-electron chi connectivity index (χ3n) is 3.69. The minimum atomic E-state index is 0.242. The number of nitrogens with zero attached hydrogens (tertiary/aromatic N) is 8. The van der Waals surface area contributed by atoms with Crippen molar-refractivity contribution >= 4 is 11.5 Å². The first-order chi connectivity index (χ1) is 10.3. The molecule has 0 spiro atoms. The summed E-state index contributed by atoms with van der Waals surface area (Å²) in [5.74, 6) is 2.48. The van der Waals surface area contributed by atoms with Gasteiger partial charge in [0.05, 0.1) is 5.92 Å². The molecular formula is C12H14N8O. The highest BCUT2D eigenvalue weighted by Gasteiger charge is 2.26. The molecule has 21 heavy (non-hydrogen) atoms. The van der Waals surface area contributed by atoms with Crippen LogP contribution in [0.1, 0.15) is 30.5 Å². The van der Waals surface area contributed by atoms with Gasteiger partial charge in [-0.1, -0.05) is 5.16 Å². The normalized spacial score (nSPS) is 19.3. The number of tetrazole rings is 1. The Morgan fingerprint density at radius 2 is 2.29 bits per heavy atom. The maximum Gasteiger partial charge on any atom is 0.231 e. The SMILES string of the molecule is Cc1noc([C@@H]2CCCN(c3ccc4nnnn4n3)C2)n1. The summed E-state index contributed by atoms with van der Waals surface area (Å²) < 4.78 is 6.74. The Bertz CT molecular complexity index is 765. The van der Waals surface area contributed by atoms with Gasteiger partial charge in [-0.3, -0.25) is 0 Å². The maximum absolute atomic E-state index is 5.30. The van der Waals surface area contributed by atoms with Gasteiger partial charge >= 0.3 is 0 Å². The summed E-state index contributed by atoms with van der Waals surface area (Å²) in [6.45, 7) is 3.59. The van der Waals surface area contributed by atoms with Crippen molar-refractivity contribution in [1.82, 2.24) is 35.4 Å². The van der Waals surface area contributed by atoms with Crippen LogP contribution in [0.3, 0.4) is 0 Å². The van der Waals surface area contributed by atoms with Crippen LogP contribution in [-0.4, -0.2) is 48.5 Å². The van der Waals surface area contributed by atoms with Gasteiger partial charge in [0.15, 0.2) is 17.3 Å². The van der Waals surface area contributed by atoms with E-state index in [9.17, 15) is 0 Å². The number of hydrogen-bond donors (Lipinski definition) is 0. The highest BCUT2D eigenvalue weighted by molar-refractivity contribution is 5.44. The predicted octanol–water partition coefficient (Wildman–Crippen LogP) is 0.595. The van der Waals surface area contributed by atoms with Crippen LogP contribution in [0, 0.1) is 6.92 Å². The van der Waals surface area contributed by atoms with Crippen molar-refractivity contribution in [3.63, 3.8) is 0 Å². The average Bonchev–Trinajstić information content (AvgIpc) is 3.15. The number of piperidine rings is 1. The summed E-state index contributed by atoms with van der Waals surface area (Å²) in [6.07, 6.45) is 2.10. The minimum absolute atomic E-state index is 0.242. The minimum Gasteiger partial charge on any atom is -0.354 e. The fourth-order valence-electron chi connectivity index (χ4n) is 2.67. The van der Waals surface area contributed by atoms with Gasteiger partial charge in [-0.2, -0.15) is 4.98 Å². The molecule has 3 aromatic rings. The zero-order valence-corrected chi connectivity index (χ0v) is 11.5. The monoisotopic (exact) mass is 286 g/mol. The van der Waals surface area contributed by atoms with E-state index in [-0.39, 0.29) is 5.92 Å². The van der Waals surface area contributed by atoms with Crippen molar-refractivity contribution in [2.24, 2.45) is 0 Å². The van der Waals surface area contributed by atoms with Crippen molar-refractivity contribution in [2.75, 3.05) is 18.0 Å². The van der Waals surface area contributed by atoms with Crippen molar-refractivity contribution in [1.29, 1.82) is 0 Å². The van der Waals surface area contributed by atoms with Crippen molar-refractivity contribution in [3.05, 3.63) is 23.8 Å². The molecule has 9 nitrogen and oxygen atoms in total. The maximum atomic E-state index is 5.30. The van der Waals surface area contributed by atoms with E-state index in [0.717, 1.165) is 31.7 Å². The zero-order chi connectivity index (χ0) is 14.2. The lowest BCUT2D eigenvalue weighted by Crippen LogP contribution is -2.35.